The predicted octanol–water partition coefficient (Wildman–Crippen LogP) is 1.62. The van der Waals surface area contributed by atoms with Crippen LogP contribution in [-0.4, -0.2) is 28.5 Å². The van der Waals surface area contributed by atoms with Gasteiger partial charge in [-0.1, -0.05) is 13.8 Å². The van der Waals surface area contributed by atoms with Crippen molar-refractivity contribution in [1.82, 2.24) is 10.3 Å². The highest BCUT2D eigenvalue weighted by atomic mass is 32.1. The van der Waals surface area contributed by atoms with Crippen LogP contribution in [-0.2, 0) is 4.79 Å². The van der Waals surface area contributed by atoms with Crippen LogP contribution in [0.2, 0.25) is 0 Å². The van der Waals surface area contributed by atoms with Gasteiger partial charge in [-0.15, -0.1) is 11.3 Å². The molecule has 0 fully saturated rings. The summed E-state index contributed by atoms with van der Waals surface area (Å²) in [4.78, 5) is 26.4. The van der Waals surface area contributed by atoms with Crippen molar-refractivity contribution in [3.8, 4) is 0 Å². The smallest absolute Gasteiger partial charge is 0.308 e. The van der Waals surface area contributed by atoms with Crippen LogP contribution in [0.4, 0.5) is 0 Å². The zero-order chi connectivity index (χ0) is 12.8. The molecule has 1 heterocycles. The Labute approximate surface area is 104 Å². The second kappa shape index (κ2) is 6.34. The minimum absolute atomic E-state index is 0.143. The van der Waals surface area contributed by atoms with Gasteiger partial charge >= 0.3 is 5.97 Å². The van der Waals surface area contributed by atoms with Crippen LogP contribution in [0.5, 0.6) is 0 Å². The lowest BCUT2D eigenvalue weighted by Gasteiger charge is -2.14. The number of nitrogens with one attached hydrogen (secondary N) is 1. The Morgan fingerprint density at radius 1 is 1.53 bits per heavy atom. The van der Waals surface area contributed by atoms with E-state index in [0.29, 0.717) is 12.1 Å². The van der Waals surface area contributed by atoms with Crippen molar-refractivity contribution in [1.29, 1.82) is 0 Å². The number of rotatable bonds is 6. The normalized spacial score (nSPS) is 12.4. The van der Waals surface area contributed by atoms with Crippen molar-refractivity contribution in [3.63, 3.8) is 0 Å². The second-order valence-corrected chi connectivity index (χ2v) is 4.97. The Balaban J connectivity index is 2.47. The lowest BCUT2D eigenvalue weighted by Crippen LogP contribution is -2.33. The summed E-state index contributed by atoms with van der Waals surface area (Å²) in [7, 11) is 0. The number of aliphatic carboxylic acids is 1. The number of hydrogen-bond acceptors (Lipinski definition) is 4. The molecular formula is C11H16N2O3S. The summed E-state index contributed by atoms with van der Waals surface area (Å²) < 4.78 is 0. The molecule has 2 N–H and O–H groups in total. The molecule has 1 aromatic heterocycles. The molecule has 0 spiro atoms. The number of aromatic nitrogens is 1. The van der Waals surface area contributed by atoms with Crippen LogP contribution in [0.15, 0.2) is 10.9 Å². The maximum atomic E-state index is 11.6. The largest absolute Gasteiger partial charge is 0.481 e. The van der Waals surface area contributed by atoms with Crippen molar-refractivity contribution in [3.05, 3.63) is 16.6 Å². The lowest BCUT2D eigenvalue weighted by atomic mass is 9.97. The second-order valence-electron chi connectivity index (χ2n) is 4.25. The summed E-state index contributed by atoms with van der Waals surface area (Å²) in [6.45, 7) is 4.06. The Hall–Kier alpha value is -1.43. The molecule has 1 unspecified atom stereocenters. The molecule has 0 saturated carbocycles. The van der Waals surface area contributed by atoms with Crippen LogP contribution in [0.1, 0.15) is 30.8 Å². The Bertz CT molecular complexity index is 376. The fourth-order valence-electron chi connectivity index (χ4n) is 1.47. The third-order valence-electron chi connectivity index (χ3n) is 2.28. The van der Waals surface area contributed by atoms with E-state index in [1.807, 2.05) is 13.8 Å². The summed E-state index contributed by atoms with van der Waals surface area (Å²) in [6, 6.07) is 0. The van der Waals surface area contributed by atoms with Crippen LogP contribution in [0.25, 0.3) is 0 Å². The van der Waals surface area contributed by atoms with Gasteiger partial charge in [0.2, 0.25) is 0 Å². The fraction of sp³-hybridized carbons (Fsp3) is 0.545. The van der Waals surface area contributed by atoms with E-state index in [1.165, 1.54) is 11.3 Å². The van der Waals surface area contributed by atoms with E-state index in [2.05, 4.69) is 10.3 Å². The summed E-state index contributed by atoms with van der Waals surface area (Å²) >= 11 is 1.33. The van der Waals surface area contributed by atoms with E-state index in [-0.39, 0.29) is 18.4 Å². The number of carboxylic acid groups (broad SMARTS) is 1. The summed E-state index contributed by atoms with van der Waals surface area (Å²) in [5.41, 5.74) is 1.90. The van der Waals surface area contributed by atoms with Gasteiger partial charge in [-0.3, -0.25) is 9.59 Å². The van der Waals surface area contributed by atoms with E-state index in [9.17, 15) is 9.59 Å². The molecule has 1 amide bonds. The van der Waals surface area contributed by atoms with Gasteiger partial charge in [0.25, 0.3) is 5.91 Å². The van der Waals surface area contributed by atoms with Crippen LogP contribution in [0.3, 0.4) is 0 Å². The first-order valence-corrected chi connectivity index (χ1v) is 6.34. The van der Waals surface area contributed by atoms with E-state index < -0.39 is 11.9 Å². The molecule has 1 atom stereocenters. The predicted molar refractivity (Wildman–Crippen MR) is 65.0 cm³/mol. The molecule has 5 nitrogen and oxygen atoms in total. The van der Waals surface area contributed by atoms with E-state index in [0.717, 1.165) is 0 Å². The number of amides is 1. The van der Waals surface area contributed by atoms with Crippen molar-refractivity contribution >= 4 is 23.2 Å². The monoisotopic (exact) mass is 256 g/mol. The molecule has 0 aromatic carbocycles. The van der Waals surface area contributed by atoms with E-state index in [1.54, 1.807) is 10.9 Å². The first kappa shape index (κ1) is 13.6. The summed E-state index contributed by atoms with van der Waals surface area (Å²) in [5, 5.41) is 13.2. The third kappa shape index (κ3) is 4.52. The lowest BCUT2D eigenvalue weighted by molar-refractivity contribution is -0.142. The van der Waals surface area contributed by atoms with Crippen molar-refractivity contribution < 1.29 is 14.7 Å². The SMILES string of the molecule is CC(C)CC(CNC(=O)c1cscn1)C(=O)O. The van der Waals surface area contributed by atoms with Crippen LogP contribution < -0.4 is 5.32 Å². The molecule has 0 aliphatic carbocycles. The Morgan fingerprint density at radius 3 is 2.71 bits per heavy atom. The molecule has 1 aromatic rings. The van der Waals surface area contributed by atoms with Gasteiger partial charge < -0.3 is 10.4 Å². The molecule has 17 heavy (non-hydrogen) atoms. The van der Waals surface area contributed by atoms with Gasteiger partial charge in [-0.05, 0) is 12.3 Å². The first-order chi connectivity index (χ1) is 8.00. The van der Waals surface area contributed by atoms with Crippen molar-refractivity contribution in [2.75, 3.05) is 6.54 Å². The molecular weight excluding hydrogens is 240 g/mol. The first-order valence-electron chi connectivity index (χ1n) is 5.40. The van der Waals surface area contributed by atoms with E-state index in [4.69, 9.17) is 5.11 Å². The van der Waals surface area contributed by atoms with Gasteiger partial charge in [0.15, 0.2) is 0 Å². The number of carbonyl (C=O) groups excluding carboxylic acids is 1. The van der Waals surface area contributed by atoms with Crippen molar-refractivity contribution in [2.45, 2.75) is 20.3 Å². The zero-order valence-electron chi connectivity index (χ0n) is 9.84. The number of carboxylic acids is 1. The maximum Gasteiger partial charge on any atom is 0.308 e. The Kier molecular flexibility index (Phi) is 5.09. The molecule has 0 radical (unpaired) electrons. The topological polar surface area (TPSA) is 79.3 Å². The number of carbonyl (C=O) groups is 2. The molecule has 0 bridgehead atoms. The molecule has 1 rings (SSSR count). The van der Waals surface area contributed by atoms with E-state index >= 15 is 0 Å². The van der Waals surface area contributed by atoms with Crippen LogP contribution in [0, 0.1) is 11.8 Å². The molecule has 0 saturated heterocycles. The number of thiazole rings is 1. The molecule has 0 aliphatic rings. The number of hydrogen-bond donors (Lipinski definition) is 2. The summed E-state index contributed by atoms with van der Waals surface area (Å²) in [6.07, 6.45) is 0.548. The maximum absolute atomic E-state index is 11.6. The average Bonchev–Trinajstić information content (AvgIpc) is 2.76. The quantitative estimate of drug-likeness (QED) is 0.810. The molecule has 0 aliphatic heterocycles. The molecule has 6 heteroatoms. The average molecular weight is 256 g/mol. The molecule has 94 valence electrons. The van der Waals surface area contributed by atoms with Crippen molar-refractivity contribution in [2.24, 2.45) is 11.8 Å². The standard InChI is InChI=1S/C11H16N2O3S/c1-7(2)3-8(11(15)16)4-12-10(14)9-5-17-6-13-9/h5-8H,3-4H2,1-2H3,(H,12,14)(H,15,16). The minimum Gasteiger partial charge on any atom is -0.481 e. The van der Waals surface area contributed by atoms with Gasteiger partial charge in [0.1, 0.15) is 5.69 Å². The summed E-state index contributed by atoms with van der Waals surface area (Å²) in [5.74, 6) is -1.46. The number of nitrogens with zero attached hydrogens (tertiary/aromatic N) is 1. The third-order valence-corrected chi connectivity index (χ3v) is 2.87. The van der Waals surface area contributed by atoms with Crippen LogP contribution >= 0.6 is 11.3 Å². The Morgan fingerprint density at radius 2 is 2.24 bits per heavy atom. The van der Waals surface area contributed by atoms with Gasteiger partial charge in [-0.25, -0.2) is 4.98 Å². The highest BCUT2D eigenvalue weighted by molar-refractivity contribution is 7.07. The minimum atomic E-state index is -0.878. The zero-order valence-corrected chi connectivity index (χ0v) is 10.7. The van der Waals surface area contributed by atoms with Gasteiger partial charge in [-0.2, -0.15) is 0 Å². The highest BCUT2D eigenvalue weighted by Crippen LogP contribution is 2.11. The van der Waals surface area contributed by atoms with Gasteiger partial charge in [0, 0.05) is 11.9 Å². The van der Waals surface area contributed by atoms with Gasteiger partial charge in [0.05, 0.1) is 11.4 Å². The fourth-order valence-corrected chi connectivity index (χ4v) is 2.00. The highest BCUT2D eigenvalue weighted by Gasteiger charge is 2.20.